The second-order valence-corrected chi connectivity index (χ2v) is 7.67. The third kappa shape index (κ3) is 3.72. The summed E-state index contributed by atoms with van der Waals surface area (Å²) < 4.78 is 30.3. The van der Waals surface area contributed by atoms with Gasteiger partial charge >= 0.3 is 0 Å². The molecule has 1 aromatic carbocycles. The van der Waals surface area contributed by atoms with Crippen LogP contribution in [0.25, 0.3) is 5.57 Å². The third-order valence-corrected chi connectivity index (χ3v) is 6.04. The van der Waals surface area contributed by atoms with E-state index in [1.807, 2.05) is 18.2 Å². The van der Waals surface area contributed by atoms with Gasteiger partial charge < -0.3 is 0 Å². The van der Waals surface area contributed by atoms with Crippen LogP contribution in [0.3, 0.4) is 0 Å². The fourth-order valence-corrected chi connectivity index (χ4v) is 4.71. The SMILES string of the molecule is CCCC1CCC(C2(N=C=S)CC(F)=C(c3ccccc3)C=C2F)CC1. The van der Waals surface area contributed by atoms with E-state index in [0.29, 0.717) is 17.1 Å². The van der Waals surface area contributed by atoms with Crippen molar-refractivity contribution >= 4 is 23.0 Å². The van der Waals surface area contributed by atoms with Crippen LogP contribution < -0.4 is 0 Å². The fourth-order valence-electron chi connectivity index (χ4n) is 4.55. The number of hydrogen-bond donors (Lipinski definition) is 0. The molecular formula is C22H25F2NS. The molecular weight excluding hydrogens is 348 g/mol. The predicted molar refractivity (Wildman–Crippen MR) is 106 cm³/mol. The van der Waals surface area contributed by atoms with Crippen LogP contribution in [0.2, 0.25) is 0 Å². The van der Waals surface area contributed by atoms with Crippen molar-refractivity contribution in [3.63, 3.8) is 0 Å². The summed E-state index contributed by atoms with van der Waals surface area (Å²) in [6.45, 7) is 2.19. The maximum atomic E-state index is 15.3. The van der Waals surface area contributed by atoms with Gasteiger partial charge in [0.25, 0.3) is 0 Å². The minimum atomic E-state index is -1.21. The molecule has 0 spiro atoms. The molecule has 0 saturated heterocycles. The highest BCUT2D eigenvalue weighted by molar-refractivity contribution is 7.78. The van der Waals surface area contributed by atoms with Gasteiger partial charge in [0.2, 0.25) is 0 Å². The molecule has 1 nitrogen and oxygen atoms in total. The van der Waals surface area contributed by atoms with Gasteiger partial charge in [0.15, 0.2) is 0 Å². The van der Waals surface area contributed by atoms with Crippen LogP contribution in [0.5, 0.6) is 0 Å². The average Bonchev–Trinajstić information content (AvgIpc) is 2.66. The third-order valence-electron chi connectivity index (χ3n) is 5.95. The van der Waals surface area contributed by atoms with E-state index in [4.69, 9.17) is 12.2 Å². The number of thiocarbonyl (C=S) groups is 1. The zero-order valence-electron chi connectivity index (χ0n) is 15.2. The summed E-state index contributed by atoms with van der Waals surface area (Å²) in [5, 5.41) is 2.36. The molecule has 0 amide bonds. The highest BCUT2D eigenvalue weighted by Crippen LogP contribution is 2.50. The van der Waals surface area contributed by atoms with Gasteiger partial charge in [0, 0.05) is 12.0 Å². The Hall–Kier alpha value is -1.64. The highest BCUT2D eigenvalue weighted by Gasteiger charge is 2.47. The van der Waals surface area contributed by atoms with Gasteiger partial charge in [-0.2, -0.15) is 0 Å². The van der Waals surface area contributed by atoms with E-state index in [-0.39, 0.29) is 24.0 Å². The number of isothiocyanates is 1. The van der Waals surface area contributed by atoms with Crippen LogP contribution >= 0.6 is 12.2 Å². The zero-order chi connectivity index (χ0) is 18.6. The van der Waals surface area contributed by atoms with Crippen molar-refractivity contribution in [2.45, 2.75) is 57.4 Å². The Kier molecular flexibility index (Phi) is 6.16. The molecule has 1 saturated carbocycles. The molecule has 138 valence electrons. The average molecular weight is 374 g/mol. The monoisotopic (exact) mass is 373 g/mol. The lowest BCUT2D eigenvalue weighted by molar-refractivity contribution is 0.167. The quantitative estimate of drug-likeness (QED) is 0.397. The Balaban J connectivity index is 1.89. The van der Waals surface area contributed by atoms with Gasteiger partial charge in [-0.25, -0.2) is 13.8 Å². The molecule has 4 heteroatoms. The van der Waals surface area contributed by atoms with Gasteiger partial charge in [-0.3, -0.25) is 0 Å². The number of nitrogens with zero attached hydrogens (tertiary/aromatic N) is 1. The molecule has 0 bridgehead atoms. The van der Waals surface area contributed by atoms with E-state index < -0.39 is 5.54 Å². The molecule has 0 aromatic heterocycles. The zero-order valence-corrected chi connectivity index (χ0v) is 16.0. The molecule has 1 unspecified atom stereocenters. The van der Waals surface area contributed by atoms with Gasteiger partial charge in [0.05, 0.1) is 5.16 Å². The number of rotatable bonds is 5. The highest BCUT2D eigenvalue weighted by atomic mass is 32.1. The van der Waals surface area contributed by atoms with Gasteiger partial charge in [-0.1, -0.05) is 62.9 Å². The van der Waals surface area contributed by atoms with Crippen LogP contribution in [0, 0.1) is 11.8 Å². The first kappa shape index (κ1) is 19.1. The standard InChI is InChI=1S/C22H25F2NS/c1-2-6-16-9-11-18(12-10-16)22(25-15-26)14-20(23)19(13-21(22)24)17-7-4-3-5-8-17/h3-5,7-8,13,16,18H,2,6,9-12,14H2,1H3. The van der Waals surface area contributed by atoms with Crippen molar-refractivity contribution in [1.82, 2.24) is 0 Å². The molecule has 1 atom stereocenters. The summed E-state index contributed by atoms with van der Waals surface area (Å²) in [6.07, 6.45) is 7.47. The second kappa shape index (κ2) is 8.37. The molecule has 3 rings (SSSR count). The summed E-state index contributed by atoms with van der Waals surface area (Å²) in [4.78, 5) is 4.22. The normalized spacial score (nSPS) is 29.1. The topological polar surface area (TPSA) is 12.4 Å². The lowest BCUT2D eigenvalue weighted by Gasteiger charge is -2.41. The second-order valence-electron chi connectivity index (χ2n) is 7.49. The first-order valence-corrected chi connectivity index (χ1v) is 9.92. The van der Waals surface area contributed by atoms with Crippen molar-refractivity contribution < 1.29 is 8.78 Å². The van der Waals surface area contributed by atoms with E-state index in [2.05, 4.69) is 17.1 Å². The molecule has 2 aliphatic rings. The molecule has 0 N–H and O–H groups in total. The van der Waals surface area contributed by atoms with Gasteiger partial charge in [-0.15, -0.1) is 0 Å². The molecule has 1 aromatic rings. The van der Waals surface area contributed by atoms with Crippen LogP contribution in [-0.2, 0) is 0 Å². The van der Waals surface area contributed by atoms with E-state index in [1.165, 1.54) is 18.9 Å². The Labute approximate surface area is 159 Å². The number of benzene rings is 1. The minimum absolute atomic E-state index is 0.0228. The largest absolute Gasteiger partial charge is 0.218 e. The molecule has 1 fully saturated rings. The lowest BCUT2D eigenvalue weighted by Crippen LogP contribution is -2.41. The van der Waals surface area contributed by atoms with E-state index in [9.17, 15) is 0 Å². The first-order valence-electron chi connectivity index (χ1n) is 9.51. The molecule has 0 aliphatic heterocycles. The van der Waals surface area contributed by atoms with Crippen molar-refractivity contribution in [2.75, 3.05) is 0 Å². The van der Waals surface area contributed by atoms with Crippen molar-refractivity contribution in [3.05, 3.63) is 53.6 Å². The minimum Gasteiger partial charge on any atom is -0.218 e. The van der Waals surface area contributed by atoms with E-state index in [1.54, 1.807) is 12.1 Å². The van der Waals surface area contributed by atoms with Crippen LogP contribution in [0.15, 0.2) is 53.1 Å². The molecule has 0 heterocycles. The fraction of sp³-hybridized carbons (Fsp3) is 0.500. The number of allylic oxidation sites excluding steroid dienone is 2. The molecule has 26 heavy (non-hydrogen) atoms. The summed E-state index contributed by atoms with van der Waals surface area (Å²) in [5.41, 5.74) is -0.203. The van der Waals surface area contributed by atoms with Crippen molar-refractivity contribution in [3.8, 4) is 0 Å². The van der Waals surface area contributed by atoms with Crippen LogP contribution in [0.1, 0.15) is 57.4 Å². The smallest absolute Gasteiger partial charge is 0.131 e. The van der Waals surface area contributed by atoms with Gasteiger partial charge in [0.1, 0.15) is 17.2 Å². The summed E-state index contributed by atoms with van der Waals surface area (Å²) >= 11 is 4.80. The Morgan fingerprint density at radius 1 is 1.15 bits per heavy atom. The van der Waals surface area contributed by atoms with E-state index in [0.717, 1.165) is 25.7 Å². The molecule has 2 aliphatic carbocycles. The van der Waals surface area contributed by atoms with Gasteiger partial charge in [-0.05, 0) is 48.5 Å². The number of aliphatic imine (C=N–C) groups is 1. The summed E-state index contributed by atoms with van der Waals surface area (Å²) in [7, 11) is 0. The maximum Gasteiger partial charge on any atom is 0.131 e. The number of halogens is 2. The predicted octanol–water partition coefficient (Wildman–Crippen LogP) is 7.07. The van der Waals surface area contributed by atoms with Crippen LogP contribution in [0.4, 0.5) is 8.78 Å². The van der Waals surface area contributed by atoms with Crippen molar-refractivity contribution in [2.24, 2.45) is 16.8 Å². The van der Waals surface area contributed by atoms with E-state index >= 15 is 8.78 Å². The van der Waals surface area contributed by atoms with Crippen LogP contribution in [-0.4, -0.2) is 10.7 Å². The van der Waals surface area contributed by atoms with Crippen molar-refractivity contribution in [1.29, 1.82) is 0 Å². The Morgan fingerprint density at radius 3 is 2.46 bits per heavy atom. The Bertz CT molecular complexity index is 741. The first-order chi connectivity index (χ1) is 12.6. The molecule has 0 radical (unpaired) electrons. The summed E-state index contributed by atoms with van der Waals surface area (Å²) in [6, 6.07) is 9.11. The number of hydrogen-bond acceptors (Lipinski definition) is 2. The maximum absolute atomic E-state index is 15.3. The summed E-state index contributed by atoms with van der Waals surface area (Å²) in [5.74, 6) is -0.0256. The Morgan fingerprint density at radius 2 is 1.85 bits per heavy atom. The lowest BCUT2D eigenvalue weighted by atomic mass is 9.67.